The Morgan fingerprint density at radius 1 is 1.48 bits per heavy atom. The fourth-order valence-corrected chi connectivity index (χ4v) is 3.71. The number of amides is 1. The largest absolute Gasteiger partial charge is 0.452 e. The van der Waals surface area contributed by atoms with Gasteiger partial charge < -0.3 is 18.8 Å². The molecule has 0 spiro atoms. The van der Waals surface area contributed by atoms with E-state index in [9.17, 15) is 4.79 Å². The van der Waals surface area contributed by atoms with Crippen LogP contribution in [0.25, 0.3) is 0 Å². The monoisotopic (exact) mass is 313 g/mol. The molecule has 0 aromatic carbocycles. The minimum Gasteiger partial charge on any atom is -0.452 e. The molecule has 3 rings (SSSR count). The Labute approximate surface area is 129 Å². The molecule has 1 aromatic rings. The zero-order valence-electron chi connectivity index (χ0n) is 12.1. The molecule has 2 fully saturated rings. The van der Waals surface area contributed by atoms with Gasteiger partial charge in [0, 0.05) is 19.6 Å². The summed E-state index contributed by atoms with van der Waals surface area (Å²) in [6.45, 7) is 1.70. The Kier molecular flexibility index (Phi) is 4.52. The molecule has 2 aliphatic rings. The molecule has 1 aliphatic carbocycles. The van der Waals surface area contributed by atoms with Crippen LogP contribution in [0.1, 0.15) is 29.6 Å². The summed E-state index contributed by atoms with van der Waals surface area (Å²) >= 11 is 5.95. The molecule has 116 valence electrons. The number of carbonyl (C=O) groups is 1. The van der Waals surface area contributed by atoms with Crippen molar-refractivity contribution in [2.24, 2.45) is 5.92 Å². The third kappa shape index (κ3) is 2.82. The van der Waals surface area contributed by atoms with Gasteiger partial charge in [-0.15, -0.1) is 0 Å². The molecule has 1 aromatic heterocycles. The van der Waals surface area contributed by atoms with Crippen LogP contribution in [0.2, 0.25) is 5.22 Å². The molecule has 0 N–H and O–H groups in total. The predicted octanol–water partition coefficient (Wildman–Crippen LogP) is 2.59. The van der Waals surface area contributed by atoms with E-state index in [1.54, 1.807) is 13.2 Å². The van der Waals surface area contributed by atoms with Crippen LogP contribution in [0.15, 0.2) is 16.7 Å². The van der Waals surface area contributed by atoms with E-state index in [1.807, 2.05) is 4.90 Å². The molecule has 1 amide bonds. The van der Waals surface area contributed by atoms with Crippen molar-refractivity contribution in [3.05, 3.63) is 23.1 Å². The van der Waals surface area contributed by atoms with E-state index in [-0.39, 0.29) is 23.3 Å². The number of nitrogens with zero attached hydrogens (tertiary/aromatic N) is 1. The van der Waals surface area contributed by atoms with Crippen LogP contribution in [0, 0.1) is 5.92 Å². The molecule has 6 heteroatoms. The molecule has 1 saturated heterocycles. The SMILES string of the molecule is CO[C@@H]1CCC[C@@H]1[C@H]1COCCN1C(=O)c1ccoc1Cl. The Bertz CT molecular complexity index is 504. The van der Waals surface area contributed by atoms with Crippen molar-refractivity contribution in [3.63, 3.8) is 0 Å². The van der Waals surface area contributed by atoms with Gasteiger partial charge in [-0.05, 0) is 30.5 Å². The number of morpholine rings is 1. The van der Waals surface area contributed by atoms with Crippen molar-refractivity contribution in [2.45, 2.75) is 31.4 Å². The second-order valence-electron chi connectivity index (χ2n) is 5.62. The maximum absolute atomic E-state index is 12.7. The predicted molar refractivity (Wildman–Crippen MR) is 77.5 cm³/mol. The number of ether oxygens (including phenoxy) is 2. The number of halogens is 1. The highest BCUT2D eigenvalue weighted by atomic mass is 35.5. The van der Waals surface area contributed by atoms with Gasteiger partial charge in [0.05, 0.1) is 37.2 Å². The van der Waals surface area contributed by atoms with Gasteiger partial charge in [-0.25, -0.2) is 0 Å². The van der Waals surface area contributed by atoms with E-state index >= 15 is 0 Å². The first kappa shape index (κ1) is 14.9. The third-order valence-electron chi connectivity index (χ3n) is 4.58. The van der Waals surface area contributed by atoms with Crippen molar-refractivity contribution < 1.29 is 18.7 Å². The molecule has 5 nitrogen and oxygen atoms in total. The zero-order valence-corrected chi connectivity index (χ0v) is 12.8. The Morgan fingerprint density at radius 2 is 2.33 bits per heavy atom. The van der Waals surface area contributed by atoms with E-state index in [0.717, 1.165) is 19.3 Å². The number of carbonyl (C=O) groups excluding carboxylic acids is 1. The minimum atomic E-state index is -0.0798. The lowest BCUT2D eigenvalue weighted by atomic mass is 9.93. The van der Waals surface area contributed by atoms with Crippen LogP contribution in [-0.4, -0.2) is 49.8 Å². The molecule has 1 saturated carbocycles. The summed E-state index contributed by atoms with van der Waals surface area (Å²) in [5.74, 6) is 0.244. The molecular weight excluding hydrogens is 294 g/mol. The van der Waals surface area contributed by atoms with Gasteiger partial charge in [-0.3, -0.25) is 4.79 Å². The molecule has 21 heavy (non-hydrogen) atoms. The van der Waals surface area contributed by atoms with E-state index in [1.165, 1.54) is 6.26 Å². The molecule has 0 unspecified atom stereocenters. The van der Waals surface area contributed by atoms with Gasteiger partial charge in [-0.2, -0.15) is 0 Å². The molecule has 0 bridgehead atoms. The molecular formula is C15H20ClNO4. The van der Waals surface area contributed by atoms with Crippen LogP contribution in [0.5, 0.6) is 0 Å². The number of hydrogen-bond acceptors (Lipinski definition) is 4. The summed E-state index contributed by atoms with van der Waals surface area (Å²) < 4.78 is 16.2. The normalized spacial score (nSPS) is 29.8. The second kappa shape index (κ2) is 6.38. The van der Waals surface area contributed by atoms with E-state index in [2.05, 4.69) is 0 Å². The average molecular weight is 314 g/mol. The van der Waals surface area contributed by atoms with Gasteiger partial charge >= 0.3 is 0 Å². The standard InChI is InChI=1S/C15H20ClNO4/c1-19-13-4-2-3-10(13)12-9-20-8-6-17(12)15(18)11-5-7-21-14(11)16/h5,7,10,12-13H,2-4,6,8-9H2,1H3/t10-,12-,13-/m1/s1. The maximum Gasteiger partial charge on any atom is 0.259 e. The number of hydrogen-bond donors (Lipinski definition) is 0. The van der Waals surface area contributed by atoms with Crippen LogP contribution >= 0.6 is 11.6 Å². The van der Waals surface area contributed by atoms with Crippen molar-refractivity contribution in [1.29, 1.82) is 0 Å². The highest BCUT2D eigenvalue weighted by Gasteiger charge is 2.41. The molecule has 0 radical (unpaired) electrons. The van der Waals surface area contributed by atoms with Crippen LogP contribution in [0.4, 0.5) is 0 Å². The average Bonchev–Trinajstić information content (AvgIpc) is 3.14. The quantitative estimate of drug-likeness (QED) is 0.860. The first-order valence-corrected chi connectivity index (χ1v) is 7.74. The van der Waals surface area contributed by atoms with Gasteiger partial charge in [0.25, 0.3) is 5.91 Å². The van der Waals surface area contributed by atoms with Crippen molar-refractivity contribution >= 4 is 17.5 Å². The summed E-state index contributed by atoms with van der Waals surface area (Å²) in [5, 5.41) is 0.153. The fraction of sp³-hybridized carbons (Fsp3) is 0.667. The molecule has 1 aliphatic heterocycles. The second-order valence-corrected chi connectivity index (χ2v) is 5.96. The van der Waals surface area contributed by atoms with Crippen LogP contribution in [-0.2, 0) is 9.47 Å². The fourth-order valence-electron chi connectivity index (χ4n) is 3.52. The number of furan rings is 1. The highest BCUT2D eigenvalue weighted by Crippen LogP contribution is 2.35. The Hall–Kier alpha value is -1.04. The topological polar surface area (TPSA) is 51.9 Å². The Balaban J connectivity index is 1.81. The van der Waals surface area contributed by atoms with Gasteiger partial charge in [0.15, 0.2) is 0 Å². The van der Waals surface area contributed by atoms with E-state index in [4.69, 9.17) is 25.5 Å². The first-order valence-electron chi connectivity index (χ1n) is 7.37. The van der Waals surface area contributed by atoms with Crippen molar-refractivity contribution in [3.8, 4) is 0 Å². The lowest BCUT2D eigenvalue weighted by Gasteiger charge is -2.40. The van der Waals surface area contributed by atoms with Crippen molar-refractivity contribution in [2.75, 3.05) is 26.9 Å². The Morgan fingerprint density at radius 3 is 3.05 bits per heavy atom. The smallest absolute Gasteiger partial charge is 0.259 e. The number of methoxy groups -OCH3 is 1. The summed E-state index contributed by atoms with van der Waals surface area (Å²) in [7, 11) is 1.74. The summed E-state index contributed by atoms with van der Waals surface area (Å²) in [6.07, 6.45) is 4.89. The maximum atomic E-state index is 12.7. The summed E-state index contributed by atoms with van der Waals surface area (Å²) in [4.78, 5) is 14.6. The minimum absolute atomic E-state index is 0.0460. The van der Waals surface area contributed by atoms with Crippen molar-refractivity contribution in [1.82, 2.24) is 4.90 Å². The molecule has 3 atom stereocenters. The zero-order chi connectivity index (χ0) is 14.8. The summed E-state index contributed by atoms with van der Waals surface area (Å²) in [5.41, 5.74) is 0.426. The van der Waals surface area contributed by atoms with E-state index < -0.39 is 0 Å². The van der Waals surface area contributed by atoms with Gasteiger partial charge in [0.1, 0.15) is 0 Å². The van der Waals surface area contributed by atoms with E-state index in [0.29, 0.717) is 31.2 Å². The lowest BCUT2D eigenvalue weighted by molar-refractivity contribution is -0.0460. The van der Waals surface area contributed by atoms with Crippen LogP contribution in [0.3, 0.4) is 0 Å². The summed E-state index contributed by atoms with van der Waals surface area (Å²) in [6, 6.07) is 1.67. The van der Waals surface area contributed by atoms with Gasteiger partial charge in [0.2, 0.25) is 5.22 Å². The number of rotatable bonds is 3. The van der Waals surface area contributed by atoms with Gasteiger partial charge in [-0.1, -0.05) is 6.42 Å². The highest BCUT2D eigenvalue weighted by molar-refractivity contribution is 6.32. The first-order chi connectivity index (χ1) is 10.2. The molecule has 2 heterocycles. The lowest BCUT2D eigenvalue weighted by Crippen LogP contribution is -2.53. The third-order valence-corrected chi connectivity index (χ3v) is 4.87. The van der Waals surface area contributed by atoms with Crippen LogP contribution < -0.4 is 0 Å².